The van der Waals surface area contributed by atoms with Crippen molar-refractivity contribution in [2.75, 3.05) is 48.3 Å². The number of piperazine rings is 1. The second kappa shape index (κ2) is 8.16. The maximum absolute atomic E-state index is 12.9. The monoisotopic (exact) mass is 447 g/mol. The van der Waals surface area contributed by atoms with Crippen LogP contribution >= 0.6 is 0 Å². The fourth-order valence-corrected chi connectivity index (χ4v) is 4.30. The van der Waals surface area contributed by atoms with Crippen LogP contribution in [0.1, 0.15) is 17.3 Å². The van der Waals surface area contributed by atoms with Gasteiger partial charge < -0.3 is 29.3 Å². The molecule has 2 aromatic carbocycles. The predicted molar refractivity (Wildman–Crippen MR) is 128 cm³/mol. The largest absolute Gasteiger partial charge is 0.462 e. The average Bonchev–Trinajstić information content (AvgIpc) is 3.26. The first-order valence-corrected chi connectivity index (χ1v) is 10.9. The Morgan fingerprint density at radius 3 is 2.61 bits per heavy atom. The van der Waals surface area contributed by atoms with Crippen molar-refractivity contribution in [2.45, 2.75) is 6.92 Å². The molecular formula is C24H25N5O4. The van der Waals surface area contributed by atoms with Crippen molar-refractivity contribution in [1.29, 1.82) is 0 Å². The van der Waals surface area contributed by atoms with Crippen LogP contribution in [0, 0.1) is 0 Å². The van der Waals surface area contributed by atoms with E-state index in [1.165, 1.54) is 6.20 Å². The van der Waals surface area contributed by atoms with E-state index in [0.717, 1.165) is 43.0 Å². The molecule has 1 aliphatic rings. The van der Waals surface area contributed by atoms with Gasteiger partial charge >= 0.3 is 5.97 Å². The third kappa shape index (κ3) is 3.65. The number of fused-ring (bicyclic) bond motifs is 2. The predicted octanol–water partition coefficient (Wildman–Crippen LogP) is 2.77. The molecule has 0 spiro atoms. The van der Waals surface area contributed by atoms with Crippen LogP contribution in [0.3, 0.4) is 0 Å². The second-order valence-corrected chi connectivity index (χ2v) is 8.07. The van der Waals surface area contributed by atoms with E-state index in [1.54, 1.807) is 24.6 Å². The Labute approximate surface area is 190 Å². The highest BCUT2D eigenvalue weighted by atomic mass is 16.5. The van der Waals surface area contributed by atoms with Gasteiger partial charge in [0.2, 0.25) is 5.43 Å². The van der Waals surface area contributed by atoms with Crippen molar-refractivity contribution in [1.82, 2.24) is 9.55 Å². The van der Waals surface area contributed by atoms with Gasteiger partial charge in [0.15, 0.2) is 5.58 Å². The van der Waals surface area contributed by atoms with Crippen molar-refractivity contribution in [2.24, 2.45) is 7.05 Å². The van der Waals surface area contributed by atoms with Crippen LogP contribution < -0.4 is 21.0 Å². The Bertz CT molecular complexity index is 1380. The number of ether oxygens (including phenoxy) is 1. The lowest BCUT2D eigenvalue weighted by atomic mass is 10.1. The number of carbonyl (C=O) groups is 1. The summed E-state index contributed by atoms with van der Waals surface area (Å²) in [6.45, 7) is 4.82. The Kier molecular flexibility index (Phi) is 5.16. The summed E-state index contributed by atoms with van der Waals surface area (Å²) in [4.78, 5) is 34.0. The van der Waals surface area contributed by atoms with Crippen LogP contribution in [-0.2, 0) is 11.8 Å². The number of oxazole rings is 1. The van der Waals surface area contributed by atoms with Crippen LogP contribution in [0.5, 0.6) is 0 Å². The number of aromatic nitrogens is 2. The molecule has 1 aliphatic heterocycles. The van der Waals surface area contributed by atoms with Crippen LogP contribution in [0.25, 0.3) is 22.0 Å². The Morgan fingerprint density at radius 1 is 1.15 bits per heavy atom. The Hall–Kier alpha value is -4.01. The number of para-hydroxylation sites is 2. The Morgan fingerprint density at radius 2 is 1.88 bits per heavy atom. The molecule has 9 heteroatoms. The van der Waals surface area contributed by atoms with E-state index < -0.39 is 5.97 Å². The third-order valence-corrected chi connectivity index (χ3v) is 6.01. The van der Waals surface area contributed by atoms with Crippen molar-refractivity contribution < 1.29 is 13.9 Å². The second-order valence-electron chi connectivity index (χ2n) is 8.07. The minimum atomic E-state index is -0.627. The van der Waals surface area contributed by atoms with Gasteiger partial charge in [0, 0.05) is 44.8 Å². The molecule has 0 radical (unpaired) electrons. The molecule has 0 amide bonds. The molecule has 0 bridgehead atoms. The Balaban J connectivity index is 1.41. The number of nitrogens with zero attached hydrogens (tertiary/aromatic N) is 4. The van der Waals surface area contributed by atoms with E-state index in [0.29, 0.717) is 22.6 Å². The first kappa shape index (κ1) is 20.9. The number of rotatable bonds is 4. The molecule has 0 saturated carbocycles. The van der Waals surface area contributed by atoms with Crippen molar-refractivity contribution in [3.8, 4) is 0 Å². The number of esters is 1. The molecule has 0 atom stereocenters. The molecule has 1 saturated heterocycles. The van der Waals surface area contributed by atoms with Gasteiger partial charge in [-0.3, -0.25) is 4.79 Å². The van der Waals surface area contributed by atoms with Crippen LogP contribution in [0.15, 0.2) is 51.8 Å². The van der Waals surface area contributed by atoms with Crippen LogP contribution in [0.2, 0.25) is 0 Å². The van der Waals surface area contributed by atoms with Crippen molar-refractivity contribution in [3.05, 3.63) is 58.4 Å². The number of hydrogen-bond acceptors (Lipinski definition) is 8. The highest BCUT2D eigenvalue weighted by molar-refractivity contribution is 5.96. The van der Waals surface area contributed by atoms with E-state index in [2.05, 4.69) is 14.8 Å². The summed E-state index contributed by atoms with van der Waals surface area (Å²) in [7, 11) is 1.80. The number of nitrogens with two attached hydrogens (primary N) is 1. The number of benzene rings is 2. The molecule has 2 aromatic heterocycles. The molecule has 0 aliphatic carbocycles. The van der Waals surface area contributed by atoms with Gasteiger partial charge in [-0.2, -0.15) is 4.98 Å². The zero-order valence-corrected chi connectivity index (χ0v) is 18.6. The minimum absolute atomic E-state index is 0.00551. The zero-order valence-electron chi connectivity index (χ0n) is 18.6. The number of nitrogen functional groups attached to an aromatic ring is 1. The maximum atomic E-state index is 12.9. The summed E-state index contributed by atoms with van der Waals surface area (Å²) in [5, 5.41) is 0.398. The van der Waals surface area contributed by atoms with Crippen molar-refractivity contribution in [3.63, 3.8) is 0 Å². The summed E-state index contributed by atoms with van der Waals surface area (Å²) in [6.07, 6.45) is 1.52. The quantitative estimate of drug-likeness (QED) is 0.376. The fraction of sp³-hybridized carbons (Fsp3) is 0.292. The number of anilines is 3. The van der Waals surface area contributed by atoms with Gasteiger partial charge in [-0.25, -0.2) is 4.79 Å². The van der Waals surface area contributed by atoms with Gasteiger partial charge in [0.05, 0.1) is 23.5 Å². The van der Waals surface area contributed by atoms with E-state index in [9.17, 15) is 9.59 Å². The summed E-state index contributed by atoms with van der Waals surface area (Å²) >= 11 is 0. The van der Waals surface area contributed by atoms with Crippen molar-refractivity contribution >= 4 is 45.4 Å². The fourth-order valence-electron chi connectivity index (χ4n) is 4.30. The number of aryl methyl sites for hydroxylation is 1. The molecule has 2 N–H and O–H groups in total. The van der Waals surface area contributed by atoms with Gasteiger partial charge in [-0.1, -0.05) is 12.1 Å². The zero-order chi connectivity index (χ0) is 23.1. The van der Waals surface area contributed by atoms with E-state index >= 15 is 0 Å². The summed E-state index contributed by atoms with van der Waals surface area (Å²) < 4.78 is 12.7. The molecule has 5 rings (SSSR count). The normalized spacial score (nSPS) is 14.2. The lowest BCUT2D eigenvalue weighted by molar-refractivity contribution is 0.0524. The van der Waals surface area contributed by atoms with E-state index in [4.69, 9.17) is 14.9 Å². The average molecular weight is 447 g/mol. The van der Waals surface area contributed by atoms with Gasteiger partial charge in [0.1, 0.15) is 11.1 Å². The van der Waals surface area contributed by atoms with E-state index in [-0.39, 0.29) is 17.6 Å². The first-order chi connectivity index (χ1) is 16.0. The lowest BCUT2D eigenvalue weighted by Crippen LogP contribution is -2.46. The topological polar surface area (TPSA) is 107 Å². The maximum Gasteiger partial charge on any atom is 0.343 e. The van der Waals surface area contributed by atoms with E-state index in [1.807, 2.05) is 30.3 Å². The minimum Gasteiger partial charge on any atom is -0.462 e. The highest BCUT2D eigenvalue weighted by Gasteiger charge is 2.24. The molecule has 4 aromatic rings. The summed E-state index contributed by atoms with van der Waals surface area (Å²) in [5.41, 5.74) is 9.68. The molecule has 3 heterocycles. The lowest BCUT2D eigenvalue weighted by Gasteiger charge is -2.36. The first-order valence-electron chi connectivity index (χ1n) is 10.9. The molecular weight excluding hydrogens is 422 g/mol. The SMILES string of the molecule is CCOC(=O)c1cn(C)c2cc(N3CCN(c4nc5ccccc5o4)CC3)c(N)cc2c1=O. The third-order valence-electron chi connectivity index (χ3n) is 6.01. The molecule has 170 valence electrons. The number of hydrogen-bond donors (Lipinski definition) is 1. The molecule has 9 nitrogen and oxygen atoms in total. The van der Waals surface area contributed by atoms with Gasteiger partial charge in [-0.15, -0.1) is 0 Å². The van der Waals surface area contributed by atoms with Gasteiger partial charge in [0.25, 0.3) is 6.01 Å². The smallest absolute Gasteiger partial charge is 0.343 e. The summed E-state index contributed by atoms with van der Waals surface area (Å²) in [5.74, 6) is -0.627. The molecule has 1 fully saturated rings. The standard InChI is InChI=1S/C24H25N5O4/c1-3-32-23(31)16-14-27(2)19-13-20(17(25)12-15(19)22(16)30)28-8-10-29(11-9-28)24-26-18-6-4-5-7-21(18)33-24/h4-7,12-14H,3,8-11,25H2,1-2H3. The molecule has 33 heavy (non-hydrogen) atoms. The van der Waals surface area contributed by atoms with Crippen LogP contribution in [0.4, 0.5) is 17.4 Å². The number of carbonyl (C=O) groups excluding carboxylic acids is 1. The molecule has 0 unspecified atom stereocenters. The summed E-state index contributed by atoms with van der Waals surface area (Å²) in [6, 6.07) is 11.9. The highest BCUT2D eigenvalue weighted by Crippen LogP contribution is 2.30. The van der Waals surface area contributed by atoms with Gasteiger partial charge in [-0.05, 0) is 31.2 Å². The number of pyridine rings is 1. The van der Waals surface area contributed by atoms with Crippen LogP contribution in [-0.4, -0.2) is 48.3 Å².